The Labute approximate surface area is 277 Å². The normalized spacial score (nSPS) is 26.4. The molecular weight excluding hydrogens is 672 g/mol. The Balaban J connectivity index is 1.13. The molecule has 2 aliphatic heterocycles. The molecule has 2 saturated heterocycles. The van der Waals surface area contributed by atoms with E-state index in [1.165, 1.54) is 0 Å². The lowest BCUT2D eigenvalue weighted by Crippen LogP contribution is -2.47. The zero-order valence-corrected chi connectivity index (χ0v) is 30.1. The van der Waals surface area contributed by atoms with Gasteiger partial charge in [-0.1, -0.05) is 135 Å². The molecule has 4 aromatic carbocycles. The Hall–Kier alpha value is -2.36. The summed E-state index contributed by atoms with van der Waals surface area (Å²) < 4.78 is 81.2. The Morgan fingerprint density at radius 3 is 0.979 bits per heavy atom. The minimum absolute atomic E-state index is 0.0104. The molecule has 4 aromatic rings. The second-order valence-electron chi connectivity index (χ2n) is 12.6. The molecule has 0 bridgehead atoms. The van der Waals surface area contributed by atoms with Crippen LogP contribution in [0.1, 0.15) is 13.8 Å². The summed E-state index contributed by atoms with van der Waals surface area (Å²) >= 11 is 0. The summed E-state index contributed by atoms with van der Waals surface area (Å²) in [5.41, 5.74) is -2.13. The van der Waals surface area contributed by atoms with Crippen LogP contribution >= 0.6 is 29.5 Å². The quantitative estimate of drug-likeness (QED) is 0.158. The van der Waals surface area contributed by atoms with Crippen LogP contribution in [0.25, 0.3) is 0 Å². The molecule has 0 saturated carbocycles. The highest BCUT2D eigenvalue weighted by molar-refractivity contribution is 7.79. The van der Waals surface area contributed by atoms with Gasteiger partial charge in [0, 0.05) is 33.5 Å². The van der Waals surface area contributed by atoms with Crippen LogP contribution in [-0.4, -0.2) is 50.1 Å². The zero-order valence-electron chi connectivity index (χ0n) is 26.5. The van der Waals surface area contributed by atoms with Gasteiger partial charge in [-0.2, -0.15) is 0 Å². The van der Waals surface area contributed by atoms with Gasteiger partial charge in [-0.15, -0.1) is 0 Å². The first kappa shape index (κ1) is 34.5. The van der Waals surface area contributed by atoms with Gasteiger partial charge >= 0.3 is 15.2 Å². The molecule has 2 fully saturated rings. The first-order valence-corrected chi connectivity index (χ1v) is 22.7. The Bertz CT molecular complexity index is 1600. The molecular formula is C35H40O8P4. The van der Waals surface area contributed by atoms with Gasteiger partial charge in [-0.05, 0) is 0 Å². The summed E-state index contributed by atoms with van der Waals surface area (Å²) in [5, 5.41) is 2.73. The second kappa shape index (κ2) is 13.9. The maximum absolute atomic E-state index is 14.6. The van der Waals surface area contributed by atoms with Crippen molar-refractivity contribution in [3.63, 3.8) is 0 Å². The molecule has 1 spiro atoms. The number of hydrogen-bond donors (Lipinski definition) is 0. The van der Waals surface area contributed by atoms with Crippen molar-refractivity contribution in [2.24, 2.45) is 5.41 Å². The lowest BCUT2D eigenvalue weighted by Gasteiger charge is -2.45. The van der Waals surface area contributed by atoms with Gasteiger partial charge in [-0.3, -0.25) is 9.13 Å². The van der Waals surface area contributed by atoms with Crippen molar-refractivity contribution >= 4 is 50.7 Å². The molecule has 2 heterocycles. The minimum atomic E-state index is -3.67. The number of rotatable bonds is 10. The molecule has 12 heteroatoms. The van der Waals surface area contributed by atoms with Crippen LogP contribution in [0.2, 0.25) is 0 Å². The molecule has 47 heavy (non-hydrogen) atoms. The van der Waals surface area contributed by atoms with Crippen molar-refractivity contribution in [2.75, 3.05) is 38.8 Å². The van der Waals surface area contributed by atoms with E-state index in [1.807, 2.05) is 121 Å². The van der Waals surface area contributed by atoms with Crippen LogP contribution < -0.4 is 21.2 Å². The van der Waals surface area contributed by atoms with Gasteiger partial charge < -0.3 is 27.2 Å². The third kappa shape index (κ3) is 7.04. The van der Waals surface area contributed by atoms with E-state index >= 15 is 0 Å². The predicted molar refractivity (Wildman–Crippen MR) is 190 cm³/mol. The number of benzene rings is 4. The van der Waals surface area contributed by atoms with E-state index in [0.717, 1.165) is 0 Å². The van der Waals surface area contributed by atoms with Crippen LogP contribution in [0.5, 0.6) is 0 Å². The molecule has 8 nitrogen and oxygen atoms in total. The third-order valence-electron chi connectivity index (χ3n) is 9.02. The van der Waals surface area contributed by atoms with Crippen LogP contribution in [0.3, 0.4) is 0 Å². The van der Waals surface area contributed by atoms with Crippen molar-refractivity contribution in [3.8, 4) is 0 Å². The summed E-state index contributed by atoms with van der Waals surface area (Å²) in [6.07, 6.45) is 0.210. The van der Waals surface area contributed by atoms with Gasteiger partial charge in [0.2, 0.25) is 0 Å². The van der Waals surface area contributed by atoms with Gasteiger partial charge in [-0.25, -0.2) is 0 Å². The van der Waals surface area contributed by atoms with E-state index in [2.05, 4.69) is 0 Å². The molecule has 0 aromatic heterocycles. The highest BCUT2D eigenvalue weighted by atomic mass is 31.2. The van der Waals surface area contributed by atoms with E-state index in [0.29, 0.717) is 21.2 Å². The summed E-state index contributed by atoms with van der Waals surface area (Å²) in [4.78, 5) is 0. The van der Waals surface area contributed by atoms with E-state index in [4.69, 9.17) is 18.1 Å². The van der Waals surface area contributed by atoms with Gasteiger partial charge in [0.15, 0.2) is 0 Å². The molecule has 2 atom stereocenters. The largest absolute Gasteiger partial charge is 0.333 e. The molecule has 0 radical (unpaired) electrons. The molecule has 0 aliphatic carbocycles. The summed E-state index contributed by atoms with van der Waals surface area (Å²) in [6.45, 7) is 3.54. The fraction of sp³-hybridized carbons (Fsp3) is 0.314. The Kier molecular flexibility index (Phi) is 10.2. The van der Waals surface area contributed by atoms with Crippen LogP contribution in [0, 0.1) is 5.41 Å². The molecule has 0 N–H and O–H groups in total. The van der Waals surface area contributed by atoms with Gasteiger partial charge in [0.05, 0.1) is 43.2 Å². The Morgan fingerprint density at radius 2 is 0.745 bits per heavy atom. The van der Waals surface area contributed by atoms with Crippen molar-refractivity contribution in [1.82, 2.24) is 0 Å². The standard InChI is InChI=1S/C35H40O8P4/c1-29(23-44(36,31-15-7-3-8-16-31)32-17-9-4-10-18-32)46(38)40-25-35(26-41-46)27-42-47(39,43-28-35)30(2)24-45(37,33-19-11-5-12-20-33)34-21-13-6-14-22-34/h3-22,29-30H,23-28H2,1-2H3. The van der Waals surface area contributed by atoms with Gasteiger partial charge in [0.1, 0.15) is 14.3 Å². The lowest BCUT2D eigenvalue weighted by molar-refractivity contribution is -0.0702. The highest BCUT2D eigenvalue weighted by Gasteiger charge is 2.52. The van der Waals surface area contributed by atoms with Crippen molar-refractivity contribution in [2.45, 2.75) is 25.2 Å². The van der Waals surface area contributed by atoms with E-state index in [1.54, 1.807) is 13.8 Å². The van der Waals surface area contributed by atoms with Crippen LogP contribution in [0.4, 0.5) is 0 Å². The van der Waals surface area contributed by atoms with Crippen molar-refractivity contribution in [3.05, 3.63) is 121 Å². The number of hydrogen-bond acceptors (Lipinski definition) is 8. The second-order valence-corrected chi connectivity index (χ2v) is 23.3. The molecule has 248 valence electrons. The van der Waals surface area contributed by atoms with E-state index < -0.39 is 46.2 Å². The summed E-state index contributed by atoms with van der Waals surface area (Å²) in [6, 6.07) is 36.9. The first-order valence-electron chi connectivity index (χ1n) is 15.7. The average Bonchev–Trinajstić information content (AvgIpc) is 3.12. The molecule has 0 amide bonds. The topological polar surface area (TPSA) is 105 Å². The van der Waals surface area contributed by atoms with Crippen LogP contribution in [-0.2, 0) is 36.4 Å². The molecule has 2 aliphatic rings. The van der Waals surface area contributed by atoms with Crippen LogP contribution in [0.15, 0.2) is 121 Å². The lowest BCUT2D eigenvalue weighted by atomic mass is 9.93. The third-order valence-corrected chi connectivity index (χ3v) is 20.7. The van der Waals surface area contributed by atoms with Gasteiger partial charge in [0.25, 0.3) is 0 Å². The zero-order chi connectivity index (χ0) is 33.2. The highest BCUT2D eigenvalue weighted by Crippen LogP contribution is 2.65. The van der Waals surface area contributed by atoms with E-state index in [-0.39, 0.29) is 38.8 Å². The predicted octanol–water partition coefficient (Wildman–Crippen LogP) is 7.26. The van der Waals surface area contributed by atoms with Crippen molar-refractivity contribution < 1.29 is 36.4 Å². The Morgan fingerprint density at radius 1 is 0.511 bits per heavy atom. The summed E-state index contributed by atoms with van der Waals surface area (Å²) in [7, 11) is -13.7. The monoisotopic (exact) mass is 712 g/mol. The van der Waals surface area contributed by atoms with Crippen molar-refractivity contribution in [1.29, 1.82) is 0 Å². The first-order chi connectivity index (χ1) is 22.5. The average molecular weight is 713 g/mol. The smallest absolute Gasteiger partial charge is 0.314 e. The molecule has 2 unspecified atom stereocenters. The fourth-order valence-electron chi connectivity index (χ4n) is 6.08. The maximum atomic E-state index is 14.6. The SMILES string of the molecule is CC(CP(=O)(c1ccccc1)c1ccccc1)P1(=O)OCC2(CO1)COP(=O)(C(C)CP(=O)(c1ccccc1)c1ccccc1)OC2. The van der Waals surface area contributed by atoms with E-state index in [9.17, 15) is 18.3 Å². The fourth-order valence-corrected chi connectivity index (χ4v) is 17.6. The molecule has 6 rings (SSSR count). The minimum Gasteiger partial charge on any atom is -0.314 e. The maximum Gasteiger partial charge on any atom is 0.333 e. The summed E-state index contributed by atoms with van der Waals surface area (Å²) in [5.74, 6) is 0.